The first-order valence-corrected chi connectivity index (χ1v) is 7.10. The van der Waals surface area contributed by atoms with Crippen molar-refractivity contribution < 1.29 is 13.2 Å². The van der Waals surface area contributed by atoms with E-state index in [1.807, 2.05) is 0 Å². The zero-order valence-corrected chi connectivity index (χ0v) is 11.4. The molecule has 0 amide bonds. The maximum absolute atomic E-state index is 12.3. The molecular weight excluding hydrogens is 266 g/mol. The van der Waals surface area contributed by atoms with Gasteiger partial charge in [-0.3, -0.25) is 0 Å². The van der Waals surface area contributed by atoms with E-state index in [4.69, 9.17) is 10.5 Å². The first-order valence-electron chi connectivity index (χ1n) is 5.71. The van der Waals surface area contributed by atoms with Gasteiger partial charge in [0.2, 0.25) is 0 Å². The van der Waals surface area contributed by atoms with Gasteiger partial charge in [-0.25, -0.2) is 0 Å². The van der Waals surface area contributed by atoms with Crippen LogP contribution in [-0.2, 0) is 14.9 Å². The summed E-state index contributed by atoms with van der Waals surface area (Å²) in [5.41, 5.74) is 5.60. The molecule has 0 spiro atoms. The van der Waals surface area contributed by atoms with Gasteiger partial charge in [-0.2, -0.15) is 17.0 Å². The molecule has 1 atom stereocenters. The van der Waals surface area contributed by atoms with Crippen molar-refractivity contribution in [3.63, 3.8) is 0 Å². The van der Waals surface area contributed by atoms with Crippen molar-refractivity contribution in [2.24, 2.45) is 5.73 Å². The normalized spacial score (nSPS) is 27.9. The van der Waals surface area contributed by atoms with Crippen molar-refractivity contribution >= 4 is 22.6 Å². The second-order valence-corrected chi connectivity index (χ2v) is 6.04. The van der Waals surface area contributed by atoms with Gasteiger partial charge in [-0.05, 0) is 12.8 Å². The summed E-state index contributed by atoms with van der Waals surface area (Å²) in [6.07, 6.45) is 1.78. The van der Waals surface area contributed by atoms with Crippen LogP contribution in [0.3, 0.4) is 0 Å². The van der Waals surface area contributed by atoms with Crippen LogP contribution in [0.4, 0.5) is 0 Å². The van der Waals surface area contributed by atoms with E-state index in [9.17, 15) is 8.42 Å². The van der Waals surface area contributed by atoms with E-state index in [0.29, 0.717) is 39.4 Å². The minimum Gasteiger partial charge on any atom is -0.379 e. The van der Waals surface area contributed by atoms with Gasteiger partial charge in [0, 0.05) is 32.2 Å². The molecule has 17 heavy (non-hydrogen) atoms. The Kier molecular flexibility index (Phi) is 5.62. The first kappa shape index (κ1) is 15.1. The summed E-state index contributed by atoms with van der Waals surface area (Å²) in [5, 5.41) is 0. The Morgan fingerprint density at radius 3 is 2.47 bits per heavy atom. The molecule has 0 bridgehead atoms. The largest absolute Gasteiger partial charge is 0.379 e. The van der Waals surface area contributed by atoms with Crippen molar-refractivity contribution in [1.29, 1.82) is 0 Å². The molecule has 0 saturated carbocycles. The summed E-state index contributed by atoms with van der Waals surface area (Å²) in [7, 11) is -3.32. The number of nitrogens with zero attached hydrogens (tertiary/aromatic N) is 2. The van der Waals surface area contributed by atoms with E-state index in [-0.39, 0.29) is 18.4 Å². The monoisotopic (exact) mass is 285 g/mol. The van der Waals surface area contributed by atoms with E-state index >= 15 is 0 Å². The molecule has 0 aromatic rings. The predicted molar refractivity (Wildman–Crippen MR) is 67.3 cm³/mol. The molecule has 8 heteroatoms. The van der Waals surface area contributed by atoms with Gasteiger partial charge in [0.1, 0.15) is 0 Å². The minimum atomic E-state index is -3.32. The van der Waals surface area contributed by atoms with E-state index in [0.717, 1.165) is 12.8 Å². The lowest BCUT2D eigenvalue weighted by atomic mass is 10.2. The predicted octanol–water partition coefficient (Wildman–Crippen LogP) is -0.592. The molecule has 2 aliphatic heterocycles. The highest BCUT2D eigenvalue weighted by molar-refractivity contribution is 7.86. The number of hydrogen-bond acceptors (Lipinski definition) is 4. The van der Waals surface area contributed by atoms with Crippen LogP contribution in [-0.4, -0.2) is 62.5 Å². The molecule has 2 rings (SSSR count). The maximum atomic E-state index is 12.3. The first-order chi connectivity index (χ1) is 7.66. The number of rotatable bonds is 3. The highest BCUT2D eigenvalue weighted by Gasteiger charge is 2.37. The number of morpholine rings is 1. The Hall–Kier alpha value is 0.0800. The van der Waals surface area contributed by atoms with Crippen LogP contribution in [0.15, 0.2) is 0 Å². The third-order valence-electron chi connectivity index (χ3n) is 3.19. The van der Waals surface area contributed by atoms with E-state index in [1.54, 1.807) is 4.31 Å². The summed E-state index contributed by atoms with van der Waals surface area (Å²) >= 11 is 0. The van der Waals surface area contributed by atoms with Crippen molar-refractivity contribution in [2.45, 2.75) is 18.9 Å². The van der Waals surface area contributed by atoms with Gasteiger partial charge in [-0.1, -0.05) is 0 Å². The van der Waals surface area contributed by atoms with Crippen molar-refractivity contribution in [2.75, 3.05) is 39.4 Å². The van der Waals surface area contributed by atoms with Crippen LogP contribution in [0.25, 0.3) is 0 Å². The third-order valence-corrected chi connectivity index (χ3v) is 5.28. The molecule has 2 heterocycles. The maximum Gasteiger partial charge on any atom is 0.282 e. The summed E-state index contributed by atoms with van der Waals surface area (Å²) in [6, 6.07) is -0.0205. The highest BCUT2D eigenvalue weighted by Crippen LogP contribution is 2.22. The second kappa shape index (κ2) is 6.31. The van der Waals surface area contributed by atoms with Crippen molar-refractivity contribution in [1.82, 2.24) is 8.61 Å². The van der Waals surface area contributed by atoms with Crippen molar-refractivity contribution in [3.8, 4) is 0 Å². The van der Waals surface area contributed by atoms with Crippen LogP contribution in [0, 0.1) is 0 Å². The molecule has 0 aromatic heterocycles. The van der Waals surface area contributed by atoms with Crippen LogP contribution >= 0.6 is 12.4 Å². The molecule has 2 N–H and O–H groups in total. The Labute approximate surface area is 109 Å². The minimum absolute atomic E-state index is 0. The third kappa shape index (κ3) is 3.10. The van der Waals surface area contributed by atoms with Crippen LogP contribution in [0.1, 0.15) is 12.8 Å². The molecule has 2 fully saturated rings. The molecule has 0 aromatic carbocycles. The number of ether oxygens (including phenoxy) is 1. The molecule has 1 unspecified atom stereocenters. The van der Waals surface area contributed by atoms with Gasteiger partial charge < -0.3 is 10.5 Å². The Morgan fingerprint density at radius 2 is 1.88 bits per heavy atom. The van der Waals surface area contributed by atoms with E-state index in [1.165, 1.54) is 4.31 Å². The summed E-state index contributed by atoms with van der Waals surface area (Å²) in [4.78, 5) is 0. The fourth-order valence-electron chi connectivity index (χ4n) is 2.27. The summed E-state index contributed by atoms with van der Waals surface area (Å²) in [6.45, 7) is 2.89. The summed E-state index contributed by atoms with van der Waals surface area (Å²) < 4.78 is 32.8. The fraction of sp³-hybridized carbons (Fsp3) is 1.00. The number of nitrogens with two attached hydrogens (primary N) is 1. The average molecular weight is 286 g/mol. The molecule has 2 saturated heterocycles. The van der Waals surface area contributed by atoms with Gasteiger partial charge in [-0.15, -0.1) is 12.4 Å². The van der Waals surface area contributed by atoms with Crippen molar-refractivity contribution in [3.05, 3.63) is 0 Å². The average Bonchev–Trinajstić information content (AvgIpc) is 2.79. The highest BCUT2D eigenvalue weighted by atomic mass is 35.5. The number of hydrogen-bond donors (Lipinski definition) is 1. The smallest absolute Gasteiger partial charge is 0.282 e. The molecule has 0 radical (unpaired) electrons. The van der Waals surface area contributed by atoms with Gasteiger partial charge in [0.05, 0.1) is 13.2 Å². The van der Waals surface area contributed by atoms with Gasteiger partial charge in [0.25, 0.3) is 10.2 Å². The topological polar surface area (TPSA) is 75.9 Å². The van der Waals surface area contributed by atoms with Gasteiger partial charge in [0.15, 0.2) is 0 Å². The fourth-order valence-corrected chi connectivity index (χ4v) is 4.11. The van der Waals surface area contributed by atoms with Crippen LogP contribution < -0.4 is 5.73 Å². The molecule has 2 aliphatic rings. The molecule has 0 aliphatic carbocycles. The lowest BCUT2D eigenvalue weighted by molar-refractivity contribution is 0.0699. The van der Waals surface area contributed by atoms with E-state index < -0.39 is 10.2 Å². The molecular formula is C9H20ClN3O3S. The quantitative estimate of drug-likeness (QED) is 0.752. The molecule has 6 nitrogen and oxygen atoms in total. The lowest BCUT2D eigenvalue weighted by Gasteiger charge is -2.32. The van der Waals surface area contributed by atoms with Crippen LogP contribution in [0.5, 0.6) is 0 Å². The SMILES string of the molecule is Cl.NCC1CCCN1S(=O)(=O)N1CCOCC1. The van der Waals surface area contributed by atoms with Gasteiger partial charge >= 0.3 is 0 Å². The second-order valence-electron chi connectivity index (χ2n) is 4.16. The lowest BCUT2D eigenvalue weighted by Crippen LogP contribution is -2.51. The Bertz CT molecular complexity index is 332. The zero-order valence-electron chi connectivity index (χ0n) is 9.75. The Balaban J connectivity index is 0.00000144. The van der Waals surface area contributed by atoms with Crippen LogP contribution in [0.2, 0.25) is 0 Å². The Morgan fingerprint density at radius 1 is 1.24 bits per heavy atom. The zero-order chi connectivity index (χ0) is 11.6. The summed E-state index contributed by atoms with van der Waals surface area (Å²) in [5.74, 6) is 0. The van der Waals surface area contributed by atoms with E-state index in [2.05, 4.69) is 0 Å². The standard InChI is InChI=1S/C9H19N3O3S.ClH/c10-8-9-2-1-3-12(9)16(13,14)11-4-6-15-7-5-11;/h9H,1-8,10H2;1H. The molecule has 102 valence electrons. The number of halogens is 1.